The lowest BCUT2D eigenvalue weighted by molar-refractivity contribution is 0.120. The number of sulfonamides is 1. The molecule has 0 aliphatic carbocycles. The van der Waals surface area contributed by atoms with Gasteiger partial charge in [0.25, 0.3) is 16.4 Å². The highest BCUT2D eigenvalue weighted by molar-refractivity contribution is 7.93. The molecule has 0 aromatic carbocycles. The van der Waals surface area contributed by atoms with E-state index in [0.29, 0.717) is 25.3 Å². The summed E-state index contributed by atoms with van der Waals surface area (Å²) >= 11 is 0. The minimum Gasteiger partial charge on any atom is -0.262 e. The first-order valence-electron chi connectivity index (χ1n) is 7.19. The quantitative estimate of drug-likeness (QED) is 0.843. The van der Waals surface area contributed by atoms with E-state index in [2.05, 4.69) is 10.2 Å². The van der Waals surface area contributed by atoms with Gasteiger partial charge in [-0.15, -0.1) is 0 Å². The van der Waals surface area contributed by atoms with Gasteiger partial charge < -0.3 is 0 Å². The standard InChI is InChI=1S/C13H17F2N5O2S/c1-9-13(10(2)19(17-9)8-11(14)15)23(21,22)20-7-3-6-18-12(20)4-5-16-18/h4-5,11H,3,6-8H2,1-2H3. The van der Waals surface area contributed by atoms with E-state index in [0.717, 1.165) is 4.68 Å². The molecule has 0 atom stereocenters. The van der Waals surface area contributed by atoms with Crippen LogP contribution >= 0.6 is 0 Å². The summed E-state index contributed by atoms with van der Waals surface area (Å²) in [6.45, 7) is 3.36. The Morgan fingerprint density at radius 2 is 2.04 bits per heavy atom. The van der Waals surface area contributed by atoms with E-state index >= 15 is 0 Å². The SMILES string of the molecule is Cc1nn(CC(F)F)c(C)c1S(=O)(=O)N1CCCn2nccc21. The Morgan fingerprint density at radius 3 is 2.74 bits per heavy atom. The number of hydrogen-bond donors (Lipinski definition) is 0. The molecule has 126 valence electrons. The fourth-order valence-electron chi connectivity index (χ4n) is 2.90. The van der Waals surface area contributed by atoms with Crippen LogP contribution in [0.3, 0.4) is 0 Å². The van der Waals surface area contributed by atoms with Gasteiger partial charge in [0.15, 0.2) is 0 Å². The maximum absolute atomic E-state index is 13.0. The van der Waals surface area contributed by atoms with Crippen molar-refractivity contribution in [1.82, 2.24) is 19.6 Å². The van der Waals surface area contributed by atoms with Crippen LogP contribution in [0.25, 0.3) is 0 Å². The van der Waals surface area contributed by atoms with E-state index in [4.69, 9.17) is 0 Å². The lowest BCUT2D eigenvalue weighted by Crippen LogP contribution is -2.38. The van der Waals surface area contributed by atoms with Crippen LogP contribution in [0, 0.1) is 13.8 Å². The van der Waals surface area contributed by atoms with Crippen LogP contribution in [-0.4, -0.2) is 40.9 Å². The van der Waals surface area contributed by atoms with E-state index in [1.54, 1.807) is 16.9 Å². The van der Waals surface area contributed by atoms with Gasteiger partial charge in [0.2, 0.25) is 0 Å². The number of fused-ring (bicyclic) bond motifs is 1. The number of alkyl halides is 2. The second kappa shape index (κ2) is 5.59. The number of nitrogens with zero attached hydrogens (tertiary/aromatic N) is 5. The molecule has 10 heteroatoms. The molecule has 3 rings (SSSR count). The molecule has 0 saturated heterocycles. The van der Waals surface area contributed by atoms with Crippen molar-refractivity contribution in [3.63, 3.8) is 0 Å². The predicted molar refractivity (Wildman–Crippen MR) is 79.1 cm³/mol. The highest BCUT2D eigenvalue weighted by Gasteiger charge is 2.34. The van der Waals surface area contributed by atoms with Crippen LogP contribution in [0.15, 0.2) is 17.2 Å². The molecule has 0 unspecified atom stereocenters. The second-order valence-corrected chi connectivity index (χ2v) is 7.22. The Balaban J connectivity index is 2.07. The average Bonchev–Trinajstić information content (AvgIpc) is 3.03. The second-order valence-electron chi connectivity index (χ2n) is 5.42. The van der Waals surface area contributed by atoms with Crippen LogP contribution in [0.1, 0.15) is 17.8 Å². The zero-order valence-corrected chi connectivity index (χ0v) is 13.6. The summed E-state index contributed by atoms with van der Waals surface area (Å²) in [5, 5.41) is 8.06. The van der Waals surface area contributed by atoms with E-state index in [-0.39, 0.29) is 16.3 Å². The molecule has 0 saturated carbocycles. The Labute approximate surface area is 132 Å². The number of anilines is 1. The Morgan fingerprint density at radius 1 is 1.30 bits per heavy atom. The number of aryl methyl sites for hydroxylation is 2. The minimum atomic E-state index is -3.88. The van der Waals surface area contributed by atoms with Gasteiger partial charge in [0, 0.05) is 19.2 Å². The molecule has 0 amide bonds. The molecular weight excluding hydrogens is 328 g/mol. The molecule has 7 nitrogen and oxygen atoms in total. The van der Waals surface area contributed by atoms with Crippen molar-refractivity contribution in [2.75, 3.05) is 10.8 Å². The summed E-state index contributed by atoms with van der Waals surface area (Å²) in [4.78, 5) is -0.00667. The average molecular weight is 345 g/mol. The maximum Gasteiger partial charge on any atom is 0.269 e. The Kier molecular flexibility index (Phi) is 3.86. The first kappa shape index (κ1) is 15.9. The predicted octanol–water partition coefficient (Wildman–Crippen LogP) is 1.56. The summed E-state index contributed by atoms with van der Waals surface area (Å²) in [5.41, 5.74) is 0.444. The third kappa shape index (κ3) is 2.60. The van der Waals surface area contributed by atoms with Crippen LogP contribution in [-0.2, 0) is 23.1 Å². The summed E-state index contributed by atoms with van der Waals surface area (Å²) in [6, 6.07) is 1.63. The van der Waals surface area contributed by atoms with Gasteiger partial charge in [-0.05, 0) is 20.3 Å². The molecule has 0 spiro atoms. The highest BCUT2D eigenvalue weighted by Crippen LogP contribution is 2.30. The van der Waals surface area contributed by atoms with Crippen molar-refractivity contribution in [2.24, 2.45) is 0 Å². The highest BCUT2D eigenvalue weighted by atomic mass is 32.2. The molecule has 23 heavy (non-hydrogen) atoms. The summed E-state index contributed by atoms with van der Waals surface area (Å²) in [6.07, 6.45) is -0.416. The smallest absolute Gasteiger partial charge is 0.262 e. The van der Waals surface area contributed by atoms with Crippen LogP contribution in [0.4, 0.5) is 14.6 Å². The zero-order chi connectivity index (χ0) is 16.8. The maximum atomic E-state index is 13.0. The van der Waals surface area contributed by atoms with Gasteiger partial charge in [-0.25, -0.2) is 26.2 Å². The van der Waals surface area contributed by atoms with Crippen molar-refractivity contribution in [3.05, 3.63) is 23.7 Å². The fraction of sp³-hybridized carbons (Fsp3) is 0.538. The molecule has 2 aromatic heterocycles. The van der Waals surface area contributed by atoms with E-state index in [9.17, 15) is 17.2 Å². The summed E-state index contributed by atoms with van der Waals surface area (Å²) < 4.78 is 55.2. The van der Waals surface area contributed by atoms with Crippen molar-refractivity contribution in [3.8, 4) is 0 Å². The van der Waals surface area contributed by atoms with Crippen LogP contribution in [0.2, 0.25) is 0 Å². The third-order valence-corrected chi connectivity index (χ3v) is 5.91. The minimum absolute atomic E-state index is 0.00667. The molecule has 3 heterocycles. The number of halogens is 2. The third-order valence-electron chi connectivity index (χ3n) is 3.85. The lowest BCUT2D eigenvalue weighted by Gasteiger charge is -2.28. The molecule has 0 fully saturated rings. The van der Waals surface area contributed by atoms with Gasteiger partial charge >= 0.3 is 0 Å². The Hall–Kier alpha value is -1.97. The monoisotopic (exact) mass is 345 g/mol. The van der Waals surface area contributed by atoms with E-state index < -0.39 is 23.0 Å². The molecule has 0 bridgehead atoms. The fourth-order valence-corrected chi connectivity index (χ4v) is 4.79. The van der Waals surface area contributed by atoms with Gasteiger partial charge in [-0.2, -0.15) is 10.2 Å². The molecular formula is C13H17F2N5O2S. The van der Waals surface area contributed by atoms with Crippen molar-refractivity contribution in [2.45, 2.75) is 44.7 Å². The normalized spacial score (nSPS) is 15.3. The summed E-state index contributed by atoms with van der Waals surface area (Å²) in [7, 11) is -3.88. The topological polar surface area (TPSA) is 73.0 Å². The van der Waals surface area contributed by atoms with Gasteiger partial charge in [-0.3, -0.25) is 4.68 Å². The first-order valence-corrected chi connectivity index (χ1v) is 8.63. The molecule has 0 N–H and O–H groups in total. The van der Waals surface area contributed by atoms with Gasteiger partial charge in [-0.1, -0.05) is 0 Å². The Bertz CT molecular complexity index is 828. The van der Waals surface area contributed by atoms with Crippen molar-refractivity contribution < 1.29 is 17.2 Å². The largest absolute Gasteiger partial charge is 0.269 e. The van der Waals surface area contributed by atoms with Gasteiger partial charge in [0.1, 0.15) is 17.3 Å². The lowest BCUT2D eigenvalue weighted by atomic mass is 10.3. The first-order chi connectivity index (χ1) is 10.8. The summed E-state index contributed by atoms with van der Waals surface area (Å²) in [5.74, 6) is 0.483. The number of rotatable bonds is 4. The molecule has 2 aromatic rings. The van der Waals surface area contributed by atoms with E-state index in [1.807, 2.05) is 0 Å². The zero-order valence-electron chi connectivity index (χ0n) is 12.8. The van der Waals surface area contributed by atoms with Crippen molar-refractivity contribution in [1.29, 1.82) is 0 Å². The molecule has 1 aliphatic rings. The van der Waals surface area contributed by atoms with E-state index in [1.165, 1.54) is 18.2 Å². The van der Waals surface area contributed by atoms with Crippen molar-refractivity contribution >= 4 is 15.8 Å². The van der Waals surface area contributed by atoms with Crippen LogP contribution in [0.5, 0.6) is 0 Å². The molecule has 0 radical (unpaired) electrons. The van der Waals surface area contributed by atoms with Crippen LogP contribution < -0.4 is 4.31 Å². The molecule has 1 aliphatic heterocycles. The van der Waals surface area contributed by atoms with Gasteiger partial charge in [0.05, 0.1) is 17.6 Å². The number of aromatic nitrogens is 4. The number of hydrogen-bond acceptors (Lipinski definition) is 4.